The third-order valence-electron chi connectivity index (χ3n) is 5.21. The molecule has 156 valence electrons. The summed E-state index contributed by atoms with van der Waals surface area (Å²) < 4.78 is 14.1. The average molecular weight is 453 g/mol. The van der Waals surface area contributed by atoms with E-state index in [9.17, 15) is 14.0 Å². The molecular formula is C22H17FN4O2S2. The highest BCUT2D eigenvalue weighted by Crippen LogP contribution is 2.39. The van der Waals surface area contributed by atoms with Gasteiger partial charge in [-0.2, -0.15) is 0 Å². The van der Waals surface area contributed by atoms with Crippen LogP contribution in [-0.2, 0) is 11.2 Å². The molecule has 1 unspecified atom stereocenters. The lowest BCUT2D eigenvalue weighted by Gasteiger charge is -2.08. The van der Waals surface area contributed by atoms with E-state index in [4.69, 9.17) is 0 Å². The Morgan fingerprint density at radius 3 is 2.58 bits per heavy atom. The van der Waals surface area contributed by atoms with E-state index >= 15 is 0 Å². The van der Waals surface area contributed by atoms with Crippen molar-refractivity contribution in [2.75, 3.05) is 10.6 Å². The molecule has 6 nitrogen and oxygen atoms in total. The number of rotatable bonds is 4. The van der Waals surface area contributed by atoms with Crippen LogP contribution >= 0.6 is 22.7 Å². The first-order valence-electron chi connectivity index (χ1n) is 9.71. The Balaban J connectivity index is 1.31. The number of hydrogen-bond acceptors (Lipinski definition) is 6. The maximum atomic E-state index is 13.1. The SMILES string of the molecule is Cc1cccc2sc(NC(=O)C3CCc4sc(NC(=O)c5ccc(F)cc5)nc43)nc12. The number of para-hydroxylation sites is 1. The second-order valence-electron chi connectivity index (χ2n) is 7.31. The Bertz CT molecular complexity index is 1310. The second kappa shape index (κ2) is 7.82. The molecule has 1 atom stereocenters. The monoisotopic (exact) mass is 452 g/mol. The number of anilines is 2. The van der Waals surface area contributed by atoms with Crippen molar-refractivity contribution >= 4 is 55.0 Å². The van der Waals surface area contributed by atoms with E-state index in [2.05, 4.69) is 20.6 Å². The van der Waals surface area contributed by atoms with Gasteiger partial charge in [0.05, 0.1) is 21.8 Å². The number of hydrogen-bond donors (Lipinski definition) is 2. The standard InChI is InChI=1S/C22H17FN4O2S2/c1-11-3-2-4-15-17(11)24-21(30-15)27-20(29)14-9-10-16-18(14)25-22(31-16)26-19(28)12-5-7-13(23)8-6-12/h2-8,14H,9-10H2,1H3,(H,24,27,29)(H,25,26,28). The predicted molar refractivity (Wildman–Crippen MR) is 121 cm³/mol. The first-order valence-corrected chi connectivity index (χ1v) is 11.3. The van der Waals surface area contributed by atoms with Crippen LogP contribution in [0.2, 0.25) is 0 Å². The van der Waals surface area contributed by atoms with E-state index in [-0.39, 0.29) is 17.7 Å². The molecule has 0 bridgehead atoms. The van der Waals surface area contributed by atoms with Crippen molar-refractivity contribution in [3.8, 4) is 0 Å². The lowest BCUT2D eigenvalue weighted by atomic mass is 10.1. The molecule has 9 heteroatoms. The minimum atomic E-state index is -0.401. The molecule has 0 saturated carbocycles. The minimum absolute atomic E-state index is 0.142. The summed E-state index contributed by atoms with van der Waals surface area (Å²) in [4.78, 5) is 35.3. The summed E-state index contributed by atoms with van der Waals surface area (Å²) in [5.41, 5.74) is 3.01. The Kier molecular flexibility index (Phi) is 4.99. The van der Waals surface area contributed by atoms with Gasteiger partial charge in [0, 0.05) is 10.4 Å². The molecule has 2 amide bonds. The van der Waals surface area contributed by atoms with Crippen molar-refractivity contribution < 1.29 is 14.0 Å². The second-order valence-corrected chi connectivity index (χ2v) is 9.42. The maximum Gasteiger partial charge on any atom is 0.257 e. The van der Waals surface area contributed by atoms with E-state index in [1.54, 1.807) is 0 Å². The highest BCUT2D eigenvalue weighted by molar-refractivity contribution is 7.22. The van der Waals surface area contributed by atoms with Gasteiger partial charge in [0.1, 0.15) is 5.82 Å². The Labute approximate surface area is 185 Å². The van der Waals surface area contributed by atoms with Crippen LogP contribution in [0, 0.1) is 12.7 Å². The van der Waals surface area contributed by atoms with Crippen molar-refractivity contribution in [1.29, 1.82) is 0 Å². The number of thiazole rings is 2. The van der Waals surface area contributed by atoms with Gasteiger partial charge < -0.3 is 5.32 Å². The zero-order valence-electron chi connectivity index (χ0n) is 16.4. The number of amides is 2. The highest BCUT2D eigenvalue weighted by Gasteiger charge is 2.33. The molecule has 0 fully saturated rings. The summed E-state index contributed by atoms with van der Waals surface area (Å²) in [5, 5.41) is 6.69. The molecule has 31 heavy (non-hydrogen) atoms. The normalized spacial score (nSPS) is 15.1. The number of nitrogens with one attached hydrogen (secondary N) is 2. The number of nitrogens with zero attached hydrogens (tertiary/aromatic N) is 2. The molecular weight excluding hydrogens is 435 g/mol. The largest absolute Gasteiger partial charge is 0.301 e. The Morgan fingerprint density at radius 2 is 1.81 bits per heavy atom. The summed E-state index contributed by atoms with van der Waals surface area (Å²) in [7, 11) is 0. The van der Waals surface area contributed by atoms with Crippen molar-refractivity contribution in [2.24, 2.45) is 0 Å². The van der Waals surface area contributed by atoms with Gasteiger partial charge in [-0.1, -0.05) is 23.5 Å². The average Bonchev–Trinajstić information content (AvgIpc) is 3.42. The number of aromatic nitrogens is 2. The molecule has 0 saturated heterocycles. The fourth-order valence-corrected chi connectivity index (χ4v) is 5.62. The first kappa shape index (κ1) is 19.8. The van der Waals surface area contributed by atoms with Crippen molar-refractivity contribution in [3.05, 3.63) is 70.0 Å². The van der Waals surface area contributed by atoms with Gasteiger partial charge in [-0.3, -0.25) is 14.9 Å². The van der Waals surface area contributed by atoms with Crippen LogP contribution in [0.1, 0.15) is 38.8 Å². The predicted octanol–water partition coefficient (Wildman–Crippen LogP) is 5.12. The molecule has 0 radical (unpaired) electrons. The van der Waals surface area contributed by atoms with Gasteiger partial charge in [0.25, 0.3) is 5.91 Å². The van der Waals surface area contributed by atoms with Crippen LogP contribution in [0.25, 0.3) is 10.2 Å². The summed E-state index contributed by atoms with van der Waals surface area (Å²) in [5.74, 6) is -1.28. The number of fused-ring (bicyclic) bond motifs is 2. The molecule has 2 aromatic carbocycles. The van der Waals surface area contributed by atoms with E-state index in [1.165, 1.54) is 46.9 Å². The maximum absolute atomic E-state index is 13.1. The lowest BCUT2D eigenvalue weighted by molar-refractivity contribution is -0.117. The van der Waals surface area contributed by atoms with Crippen molar-refractivity contribution in [1.82, 2.24) is 9.97 Å². The number of benzene rings is 2. The summed E-state index contributed by atoms with van der Waals surface area (Å²) in [6, 6.07) is 11.3. The van der Waals surface area contributed by atoms with Crippen LogP contribution in [-0.4, -0.2) is 21.8 Å². The molecule has 0 aliphatic heterocycles. The van der Waals surface area contributed by atoms with Gasteiger partial charge in [0.15, 0.2) is 10.3 Å². The molecule has 2 heterocycles. The van der Waals surface area contributed by atoms with E-state index in [0.29, 0.717) is 27.9 Å². The third-order valence-corrected chi connectivity index (χ3v) is 7.19. The van der Waals surface area contributed by atoms with E-state index in [0.717, 1.165) is 27.1 Å². The highest BCUT2D eigenvalue weighted by atomic mass is 32.1. The van der Waals surface area contributed by atoms with Crippen LogP contribution in [0.5, 0.6) is 0 Å². The molecule has 1 aliphatic rings. The molecule has 4 aromatic rings. The zero-order valence-corrected chi connectivity index (χ0v) is 18.1. The minimum Gasteiger partial charge on any atom is -0.301 e. The number of carbonyl (C=O) groups excluding carboxylic acids is 2. The van der Waals surface area contributed by atoms with Crippen molar-refractivity contribution in [3.63, 3.8) is 0 Å². The number of halogens is 1. The summed E-state index contributed by atoms with van der Waals surface area (Å²) in [6.45, 7) is 1.99. The van der Waals surface area contributed by atoms with E-state index < -0.39 is 5.82 Å². The molecule has 0 spiro atoms. The van der Waals surface area contributed by atoms with Gasteiger partial charge in [-0.25, -0.2) is 14.4 Å². The van der Waals surface area contributed by atoms with Gasteiger partial charge in [-0.05, 0) is 55.7 Å². The van der Waals surface area contributed by atoms with Crippen LogP contribution in [0.4, 0.5) is 14.7 Å². The van der Waals surface area contributed by atoms with Gasteiger partial charge >= 0.3 is 0 Å². The number of aryl methyl sites for hydroxylation is 2. The first-order chi connectivity index (χ1) is 15.0. The van der Waals surface area contributed by atoms with Crippen LogP contribution in [0.15, 0.2) is 42.5 Å². The Hall–Kier alpha value is -3.17. The fourth-order valence-electron chi connectivity index (χ4n) is 3.64. The summed E-state index contributed by atoms with van der Waals surface area (Å²) >= 11 is 2.82. The van der Waals surface area contributed by atoms with Gasteiger partial charge in [-0.15, -0.1) is 11.3 Å². The van der Waals surface area contributed by atoms with Crippen LogP contribution < -0.4 is 10.6 Å². The van der Waals surface area contributed by atoms with E-state index in [1.807, 2.05) is 25.1 Å². The topological polar surface area (TPSA) is 84.0 Å². The molecule has 1 aliphatic carbocycles. The van der Waals surface area contributed by atoms with Gasteiger partial charge in [0.2, 0.25) is 5.91 Å². The lowest BCUT2D eigenvalue weighted by Crippen LogP contribution is -2.20. The quantitative estimate of drug-likeness (QED) is 0.450. The van der Waals surface area contributed by atoms with Crippen molar-refractivity contribution in [2.45, 2.75) is 25.7 Å². The fraction of sp³-hybridized carbons (Fsp3) is 0.182. The third kappa shape index (κ3) is 3.82. The zero-order chi connectivity index (χ0) is 21.5. The molecule has 2 N–H and O–H groups in total. The number of carbonyl (C=O) groups is 2. The molecule has 2 aromatic heterocycles. The smallest absolute Gasteiger partial charge is 0.257 e. The molecule has 5 rings (SSSR count). The van der Waals surface area contributed by atoms with Crippen LogP contribution in [0.3, 0.4) is 0 Å². The summed E-state index contributed by atoms with van der Waals surface area (Å²) in [6.07, 6.45) is 1.41. The Morgan fingerprint density at radius 1 is 1.03 bits per heavy atom.